The van der Waals surface area contributed by atoms with Gasteiger partial charge < -0.3 is 19.4 Å². The minimum Gasteiger partial charge on any atom is -0.378 e. The average Bonchev–Trinajstić information content (AvgIpc) is 2.88. The highest BCUT2D eigenvalue weighted by Gasteiger charge is 2.28. The van der Waals surface area contributed by atoms with Gasteiger partial charge in [0.05, 0.1) is 29.2 Å². The van der Waals surface area contributed by atoms with Crippen LogP contribution >= 0.6 is 0 Å². The highest BCUT2D eigenvalue weighted by molar-refractivity contribution is 7.89. The summed E-state index contributed by atoms with van der Waals surface area (Å²) in [5.74, 6) is -0.819. The molecule has 36 heavy (non-hydrogen) atoms. The van der Waals surface area contributed by atoms with E-state index in [0.717, 1.165) is 0 Å². The first kappa shape index (κ1) is 25.9. The van der Waals surface area contributed by atoms with Gasteiger partial charge in [-0.25, -0.2) is 17.5 Å². The number of amides is 1. The topological polar surface area (TPSA) is 106 Å². The van der Waals surface area contributed by atoms with Crippen LogP contribution in [0.3, 0.4) is 0 Å². The van der Waals surface area contributed by atoms with Crippen LogP contribution in [-0.2, 0) is 14.8 Å². The fourth-order valence-electron chi connectivity index (χ4n) is 4.44. The van der Waals surface area contributed by atoms with Crippen molar-refractivity contribution in [3.8, 4) is 6.07 Å². The largest absolute Gasteiger partial charge is 0.378 e. The second-order valence-corrected chi connectivity index (χ2v) is 10.8. The first-order valence-corrected chi connectivity index (χ1v) is 13.4. The summed E-state index contributed by atoms with van der Waals surface area (Å²) in [5.41, 5.74) is 1.66. The van der Waals surface area contributed by atoms with Gasteiger partial charge in [0.1, 0.15) is 11.9 Å². The number of ether oxygens (including phenoxy) is 1. The smallest absolute Gasteiger partial charge is 0.256 e. The number of benzene rings is 2. The van der Waals surface area contributed by atoms with Crippen molar-refractivity contribution in [1.29, 1.82) is 5.26 Å². The number of rotatable bonds is 6. The predicted molar refractivity (Wildman–Crippen MR) is 134 cm³/mol. The molecule has 2 aromatic carbocycles. The SMILES string of the molecule is CC(C)NS(=O)(=O)c1ccc(N2CCOCC2)c(C(=O)N2CCN(c3ccc(C#N)c(F)c3)CC2)c1. The van der Waals surface area contributed by atoms with Crippen LogP contribution < -0.4 is 14.5 Å². The number of carbonyl (C=O) groups excluding carboxylic acids is 1. The first-order chi connectivity index (χ1) is 17.2. The second-order valence-electron chi connectivity index (χ2n) is 9.11. The van der Waals surface area contributed by atoms with Crippen molar-refractivity contribution >= 4 is 27.3 Å². The lowest BCUT2D eigenvalue weighted by Crippen LogP contribution is -2.49. The molecule has 0 aliphatic carbocycles. The van der Waals surface area contributed by atoms with Crippen molar-refractivity contribution in [2.24, 2.45) is 0 Å². The molecule has 2 aliphatic heterocycles. The van der Waals surface area contributed by atoms with Gasteiger partial charge >= 0.3 is 0 Å². The molecule has 0 radical (unpaired) electrons. The standard InChI is InChI=1S/C25H30FN5O4S/c1-18(2)28-36(33,34)21-5-6-24(30-11-13-35-14-12-30)22(16-21)25(32)31-9-7-29(8-10-31)20-4-3-19(17-27)23(26)15-20/h3-6,15-16,18,28H,7-14H2,1-2H3. The van der Waals surface area contributed by atoms with Gasteiger partial charge in [-0.1, -0.05) is 0 Å². The number of nitrogens with zero attached hydrogens (tertiary/aromatic N) is 4. The van der Waals surface area contributed by atoms with E-state index >= 15 is 0 Å². The summed E-state index contributed by atoms with van der Waals surface area (Å²) in [6.45, 7) is 7.51. The van der Waals surface area contributed by atoms with Gasteiger partial charge in [0, 0.05) is 56.7 Å². The van der Waals surface area contributed by atoms with Crippen LogP contribution in [0.4, 0.5) is 15.8 Å². The second kappa shape index (κ2) is 10.8. The number of nitriles is 1. The number of morpholine rings is 1. The number of carbonyl (C=O) groups is 1. The van der Waals surface area contributed by atoms with Gasteiger partial charge in [-0.3, -0.25) is 4.79 Å². The summed E-state index contributed by atoms with van der Waals surface area (Å²) in [6.07, 6.45) is 0. The van der Waals surface area contributed by atoms with E-state index in [4.69, 9.17) is 10.00 Å². The first-order valence-electron chi connectivity index (χ1n) is 11.9. The third kappa shape index (κ3) is 5.61. The lowest BCUT2D eigenvalue weighted by Gasteiger charge is -2.37. The maximum atomic E-state index is 14.1. The highest BCUT2D eigenvalue weighted by Crippen LogP contribution is 2.28. The van der Waals surface area contributed by atoms with Crippen LogP contribution in [0.5, 0.6) is 0 Å². The van der Waals surface area contributed by atoms with Crippen molar-refractivity contribution in [3.05, 3.63) is 53.3 Å². The summed E-state index contributed by atoms with van der Waals surface area (Å²) < 4.78 is 47.8. The Labute approximate surface area is 211 Å². The van der Waals surface area contributed by atoms with E-state index in [2.05, 4.69) is 4.72 Å². The number of sulfonamides is 1. The molecule has 192 valence electrons. The summed E-state index contributed by atoms with van der Waals surface area (Å²) in [5, 5.41) is 8.95. The maximum Gasteiger partial charge on any atom is 0.256 e. The summed E-state index contributed by atoms with van der Waals surface area (Å²) in [7, 11) is -3.78. The van der Waals surface area contributed by atoms with Gasteiger partial charge in [0.25, 0.3) is 5.91 Å². The predicted octanol–water partition coefficient (Wildman–Crippen LogP) is 2.18. The molecule has 2 saturated heterocycles. The lowest BCUT2D eigenvalue weighted by molar-refractivity contribution is 0.0746. The van der Waals surface area contributed by atoms with Crippen LogP contribution in [0.15, 0.2) is 41.3 Å². The monoisotopic (exact) mass is 515 g/mol. The molecular weight excluding hydrogens is 485 g/mol. The number of anilines is 2. The Morgan fingerprint density at radius 1 is 1.03 bits per heavy atom. The molecule has 9 nitrogen and oxygen atoms in total. The molecule has 0 atom stereocenters. The Morgan fingerprint density at radius 2 is 1.72 bits per heavy atom. The van der Waals surface area contributed by atoms with Crippen molar-refractivity contribution in [3.63, 3.8) is 0 Å². The van der Waals surface area contributed by atoms with E-state index in [9.17, 15) is 17.6 Å². The number of hydrogen-bond donors (Lipinski definition) is 1. The zero-order valence-corrected chi connectivity index (χ0v) is 21.2. The maximum absolute atomic E-state index is 14.1. The Hall–Kier alpha value is -3.20. The molecule has 2 fully saturated rings. The summed E-state index contributed by atoms with van der Waals surface area (Å²) >= 11 is 0. The van der Waals surface area contributed by atoms with Gasteiger partial charge in [0.15, 0.2) is 0 Å². The van der Waals surface area contributed by atoms with E-state index in [1.807, 2.05) is 15.9 Å². The van der Waals surface area contributed by atoms with Crippen molar-refractivity contribution in [2.45, 2.75) is 24.8 Å². The fourth-order valence-corrected chi connectivity index (χ4v) is 5.72. The van der Waals surface area contributed by atoms with E-state index < -0.39 is 15.8 Å². The Balaban J connectivity index is 1.57. The molecule has 11 heteroatoms. The zero-order valence-electron chi connectivity index (χ0n) is 20.4. The third-order valence-corrected chi connectivity index (χ3v) is 7.91. The minimum absolute atomic E-state index is 0.00926. The number of nitrogens with one attached hydrogen (secondary N) is 1. The molecule has 0 saturated carbocycles. The normalized spacial score (nSPS) is 16.8. The van der Waals surface area contributed by atoms with Crippen LogP contribution in [0, 0.1) is 17.1 Å². The highest BCUT2D eigenvalue weighted by atomic mass is 32.2. The number of halogens is 1. The molecule has 4 rings (SSSR count). The van der Waals surface area contributed by atoms with E-state index in [1.54, 1.807) is 30.9 Å². The van der Waals surface area contributed by atoms with Crippen molar-refractivity contribution in [2.75, 3.05) is 62.3 Å². The molecular formula is C25H30FN5O4S. The zero-order chi connectivity index (χ0) is 25.9. The number of piperazine rings is 1. The molecule has 0 unspecified atom stereocenters. The molecule has 0 spiro atoms. The van der Waals surface area contributed by atoms with Gasteiger partial charge in [0.2, 0.25) is 10.0 Å². The van der Waals surface area contributed by atoms with Crippen molar-refractivity contribution in [1.82, 2.24) is 9.62 Å². The number of hydrogen-bond acceptors (Lipinski definition) is 7. The van der Waals surface area contributed by atoms with Crippen LogP contribution in [0.25, 0.3) is 0 Å². The van der Waals surface area contributed by atoms with Gasteiger partial charge in [-0.2, -0.15) is 5.26 Å². The molecule has 2 aromatic rings. The van der Waals surface area contributed by atoms with Gasteiger partial charge in [-0.15, -0.1) is 0 Å². The van der Waals surface area contributed by atoms with E-state index in [1.165, 1.54) is 24.3 Å². The molecule has 1 N–H and O–H groups in total. The van der Waals surface area contributed by atoms with Gasteiger partial charge in [-0.05, 0) is 50.2 Å². The van der Waals surface area contributed by atoms with Crippen molar-refractivity contribution < 1.29 is 22.3 Å². The molecule has 2 heterocycles. The van der Waals surface area contributed by atoms with Crippen LogP contribution in [0.1, 0.15) is 29.8 Å². The molecule has 1 amide bonds. The molecule has 2 aliphatic rings. The summed E-state index contributed by atoms with van der Waals surface area (Å²) in [6, 6.07) is 10.7. The lowest BCUT2D eigenvalue weighted by atomic mass is 10.1. The van der Waals surface area contributed by atoms with Crippen LogP contribution in [-0.4, -0.2) is 77.7 Å². The molecule has 0 bridgehead atoms. The molecule has 0 aromatic heterocycles. The Bertz CT molecular complexity index is 1260. The quantitative estimate of drug-likeness (QED) is 0.629. The fraction of sp³-hybridized carbons (Fsp3) is 0.440. The minimum atomic E-state index is -3.78. The third-order valence-electron chi connectivity index (χ3n) is 6.26. The van der Waals surface area contributed by atoms with Crippen LogP contribution in [0.2, 0.25) is 0 Å². The van der Waals surface area contributed by atoms with E-state index in [0.29, 0.717) is 69.4 Å². The average molecular weight is 516 g/mol. The Kier molecular flexibility index (Phi) is 7.78. The Morgan fingerprint density at radius 3 is 2.33 bits per heavy atom. The van der Waals surface area contributed by atoms with E-state index in [-0.39, 0.29) is 22.4 Å². The summed E-state index contributed by atoms with van der Waals surface area (Å²) in [4.78, 5) is 19.4.